The van der Waals surface area contributed by atoms with Crippen molar-refractivity contribution in [3.05, 3.63) is 29.6 Å². The fraction of sp³-hybridized carbons (Fsp3) is 0.500. The van der Waals surface area contributed by atoms with E-state index in [0.717, 1.165) is 38.0 Å². The van der Waals surface area contributed by atoms with Crippen LogP contribution in [0.1, 0.15) is 31.0 Å². The lowest BCUT2D eigenvalue weighted by Gasteiger charge is -2.31. The molecule has 1 aliphatic heterocycles. The molecule has 4 heteroatoms. The van der Waals surface area contributed by atoms with Crippen molar-refractivity contribution in [1.82, 2.24) is 9.88 Å². The van der Waals surface area contributed by atoms with Crippen LogP contribution in [0, 0.1) is 17.2 Å². The van der Waals surface area contributed by atoms with Crippen LogP contribution in [0.3, 0.4) is 0 Å². The Balaban J connectivity index is 2.00. The lowest BCUT2D eigenvalue weighted by atomic mass is 9.94. The number of rotatable bonds is 3. The van der Waals surface area contributed by atoms with Gasteiger partial charge in [-0.3, -0.25) is 9.69 Å². The zero-order valence-corrected chi connectivity index (χ0v) is 10.6. The second-order valence-corrected chi connectivity index (χ2v) is 4.85. The molecule has 0 amide bonds. The first-order chi connectivity index (χ1) is 8.69. The Hall–Kier alpha value is -1.73. The molecule has 4 nitrogen and oxygen atoms in total. The summed E-state index contributed by atoms with van der Waals surface area (Å²) in [6.07, 6.45) is 3.74. The smallest absolute Gasteiger partial charge is 0.140 e. The number of piperidine rings is 1. The summed E-state index contributed by atoms with van der Waals surface area (Å²) in [4.78, 5) is 17.7. The summed E-state index contributed by atoms with van der Waals surface area (Å²) in [5, 5.41) is 8.81. The number of carbonyl (C=O) groups is 1. The van der Waals surface area contributed by atoms with E-state index in [9.17, 15) is 4.79 Å². The van der Waals surface area contributed by atoms with Crippen molar-refractivity contribution in [3.8, 4) is 6.07 Å². The fourth-order valence-electron chi connectivity index (χ4n) is 2.42. The van der Waals surface area contributed by atoms with Crippen LogP contribution in [0.15, 0.2) is 18.3 Å². The molecule has 0 saturated carbocycles. The molecule has 2 rings (SSSR count). The number of hydrogen-bond acceptors (Lipinski definition) is 4. The minimum absolute atomic E-state index is 0.177. The van der Waals surface area contributed by atoms with Gasteiger partial charge in [0.05, 0.1) is 0 Å². The first kappa shape index (κ1) is 12.7. The Labute approximate surface area is 107 Å². The second-order valence-electron chi connectivity index (χ2n) is 4.85. The van der Waals surface area contributed by atoms with Crippen LogP contribution in [0.2, 0.25) is 0 Å². The van der Waals surface area contributed by atoms with Crippen molar-refractivity contribution in [2.45, 2.75) is 26.3 Å². The monoisotopic (exact) mass is 243 g/mol. The van der Waals surface area contributed by atoms with Crippen LogP contribution in [0.5, 0.6) is 0 Å². The van der Waals surface area contributed by atoms with Crippen molar-refractivity contribution in [2.75, 3.05) is 13.1 Å². The van der Waals surface area contributed by atoms with Gasteiger partial charge in [0.1, 0.15) is 17.5 Å². The van der Waals surface area contributed by atoms with Crippen LogP contribution in [-0.2, 0) is 11.3 Å². The molecular formula is C14H17N3O. The van der Waals surface area contributed by atoms with Gasteiger partial charge < -0.3 is 0 Å². The van der Waals surface area contributed by atoms with Crippen molar-refractivity contribution in [3.63, 3.8) is 0 Å². The largest absolute Gasteiger partial charge is 0.300 e. The predicted octanol–water partition coefficient (Wildman–Crippen LogP) is 1.75. The van der Waals surface area contributed by atoms with Crippen molar-refractivity contribution < 1.29 is 4.79 Å². The van der Waals surface area contributed by atoms with E-state index >= 15 is 0 Å². The second kappa shape index (κ2) is 5.74. The number of pyridine rings is 1. The molecule has 1 saturated heterocycles. The summed E-state index contributed by atoms with van der Waals surface area (Å²) in [5.41, 5.74) is 1.54. The molecular weight excluding hydrogens is 226 g/mol. The molecule has 0 aliphatic carbocycles. The van der Waals surface area contributed by atoms with E-state index in [2.05, 4.69) is 9.88 Å². The minimum atomic E-state index is 0.177. The van der Waals surface area contributed by atoms with Gasteiger partial charge in [-0.05, 0) is 44.0 Å². The zero-order chi connectivity index (χ0) is 13.0. The van der Waals surface area contributed by atoms with E-state index in [-0.39, 0.29) is 11.7 Å². The number of ketones is 1. The Kier molecular flexibility index (Phi) is 4.06. The number of likely N-dealkylation sites (tertiary alicyclic amines) is 1. The Morgan fingerprint density at radius 3 is 3.22 bits per heavy atom. The van der Waals surface area contributed by atoms with Gasteiger partial charge in [0.25, 0.3) is 0 Å². The van der Waals surface area contributed by atoms with E-state index in [0.29, 0.717) is 5.69 Å². The van der Waals surface area contributed by atoms with Crippen molar-refractivity contribution in [2.24, 2.45) is 5.92 Å². The first-order valence-corrected chi connectivity index (χ1v) is 6.27. The summed E-state index contributed by atoms with van der Waals surface area (Å²) in [5.74, 6) is 0.461. The quantitative estimate of drug-likeness (QED) is 0.811. The van der Waals surface area contributed by atoms with E-state index in [1.807, 2.05) is 18.2 Å². The Bertz CT molecular complexity index is 478. The van der Waals surface area contributed by atoms with Gasteiger partial charge in [-0.2, -0.15) is 5.26 Å². The van der Waals surface area contributed by atoms with Gasteiger partial charge in [-0.25, -0.2) is 4.98 Å². The number of hydrogen-bond donors (Lipinski definition) is 0. The Morgan fingerprint density at radius 1 is 1.67 bits per heavy atom. The van der Waals surface area contributed by atoms with Crippen LogP contribution in [0.4, 0.5) is 0 Å². The molecule has 1 fully saturated rings. The average Bonchev–Trinajstić information content (AvgIpc) is 2.39. The lowest BCUT2D eigenvalue weighted by molar-refractivity contribution is -0.122. The maximum absolute atomic E-state index is 11.4. The molecule has 0 N–H and O–H groups in total. The van der Waals surface area contributed by atoms with E-state index in [1.165, 1.54) is 0 Å². The SMILES string of the molecule is CC(=O)C1CCCN(Cc2ccnc(C#N)c2)C1. The summed E-state index contributed by atoms with van der Waals surface area (Å²) in [6, 6.07) is 5.79. The topological polar surface area (TPSA) is 57.0 Å². The minimum Gasteiger partial charge on any atom is -0.300 e. The van der Waals surface area contributed by atoms with Gasteiger partial charge in [0, 0.05) is 25.2 Å². The summed E-state index contributed by atoms with van der Waals surface area (Å²) in [7, 11) is 0. The number of aromatic nitrogens is 1. The molecule has 2 heterocycles. The summed E-state index contributed by atoms with van der Waals surface area (Å²) < 4.78 is 0. The molecule has 1 aromatic heterocycles. The standard InChI is InChI=1S/C14H17N3O/c1-11(18)13-3-2-6-17(10-13)9-12-4-5-16-14(7-12)8-15/h4-5,7,13H,2-3,6,9-10H2,1H3. The molecule has 1 aromatic rings. The fourth-order valence-corrected chi connectivity index (χ4v) is 2.42. The molecule has 1 unspecified atom stereocenters. The molecule has 18 heavy (non-hydrogen) atoms. The van der Waals surface area contributed by atoms with Crippen molar-refractivity contribution in [1.29, 1.82) is 5.26 Å². The van der Waals surface area contributed by atoms with Crippen LogP contribution in [-0.4, -0.2) is 28.8 Å². The van der Waals surface area contributed by atoms with Gasteiger partial charge in [-0.15, -0.1) is 0 Å². The lowest BCUT2D eigenvalue weighted by Crippen LogP contribution is -2.37. The zero-order valence-electron chi connectivity index (χ0n) is 10.6. The number of Topliss-reactive ketones (excluding diaryl/α,β-unsaturated/α-hetero) is 1. The van der Waals surface area contributed by atoms with Crippen LogP contribution < -0.4 is 0 Å². The third-order valence-corrected chi connectivity index (χ3v) is 3.43. The average molecular weight is 243 g/mol. The molecule has 0 bridgehead atoms. The molecule has 0 spiro atoms. The van der Waals surface area contributed by atoms with Gasteiger partial charge >= 0.3 is 0 Å². The number of nitriles is 1. The normalized spacial score (nSPS) is 20.3. The summed E-state index contributed by atoms with van der Waals surface area (Å²) >= 11 is 0. The predicted molar refractivity (Wildman–Crippen MR) is 67.6 cm³/mol. The highest BCUT2D eigenvalue weighted by molar-refractivity contribution is 5.78. The van der Waals surface area contributed by atoms with E-state index in [1.54, 1.807) is 13.1 Å². The molecule has 94 valence electrons. The molecule has 1 atom stereocenters. The van der Waals surface area contributed by atoms with Gasteiger partial charge in [0.2, 0.25) is 0 Å². The van der Waals surface area contributed by atoms with Gasteiger partial charge in [0.15, 0.2) is 0 Å². The molecule has 1 aliphatic rings. The maximum atomic E-state index is 11.4. The third kappa shape index (κ3) is 3.14. The van der Waals surface area contributed by atoms with Crippen LogP contribution >= 0.6 is 0 Å². The first-order valence-electron chi connectivity index (χ1n) is 6.27. The molecule has 0 radical (unpaired) electrons. The van der Waals surface area contributed by atoms with Gasteiger partial charge in [-0.1, -0.05) is 0 Å². The number of nitrogens with zero attached hydrogens (tertiary/aromatic N) is 3. The third-order valence-electron chi connectivity index (χ3n) is 3.43. The maximum Gasteiger partial charge on any atom is 0.140 e. The van der Waals surface area contributed by atoms with E-state index in [4.69, 9.17) is 5.26 Å². The summed E-state index contributed by atoms with van der Waals surface area (Å²) in [6.45, 7) is 4.32. The van der Waals surface area contributed by atoms with Crippen molar-refractivity contribution >= 4 is 5.78 Å². The number of carbonyl (C=O) groups excluding carboxylic acids is 1. The highest BCUT2D eigenvalue weighted by atomic mass is 16.1. The van der Waals surface area contributed by atoms with E-state index < -0.39 is 0 Å². The van der Waals surface area contributed by atoms with Crippen LogP contribution in [0.25, 0.3) is 0 Å². The molecule has 0 aromatic carbocycles. The highest BCUT2D eigenvalue weighted by Crippen LogP contribution is 2.19. The highest BCUT2D eigenvalue weighted by Gasteiger charge is 2.22. The Morgan fingerprint density at radius 2 is 2.50 bits per heavy atom.